The van der Waals surface area contributed by atoms with Crippen LogP contribution >= 0.6 is 0 Å². The van der Waals surface area contributed by atoms with Gasteiger partial charge in [0.05, 0.1) is 18.9 Å². The zero-order chi connectivity index (χ0) is 20.9. The SMILES string of the molecule is CC(=O)C1(OCc2ccccc2)C=CC=CC1N(Cc1ccccc1)S(C)(=O)=O. The first-order valence-corrected chi connectivity index (χ1v) is 11.2. The molecule has 0 saturated heterocycles. The predicted molar refractivity (Wildman–Crippen MR) is 114 cm³/mol. The summed E-state index contributed by atoms with van der Waals surface area (Å²) in [6.45, 7) is 1.77. The Morgan fingerprint density at radius 2 is 1.59 bits per heavy atom. The molecular weight excluding hydrogens is 386 g/mol. The first kappa shape index (κ1) is 21.2. The molecule has 2 atom stereocenters. The molecule has 1 aliphatic rings. The van der Waals surface area contributed by atoms with Crippen LogP contribution in [0.25, 0.3) is 0 Å². The number of Topliss-reactive ketones (excluding diaryl/α,β-unsaturated/α-hetero) is 1. The molecule has 0 aliphatic heterocycles. The van der Waals surface area contributed by atoms with E-state index < -0.39 is 21.7 Å². The van der Waals surface area contributed by atoms with Crippen LogP contribution in [0, 0.1) is 0 Å². The van der Waals surface area contributed by atoms with Gasteiger partial charge in [-0.1, -0.05) is 78.9 Å². The van der Waals surface area contributed by atoms with E-state index in [1.54, 1.807) is 24.3 Å². The molecule has 0 fully saturated rings. The number of benzene rings is 2. The van der Waals surface area contributed by atoms with Crippen LogP contribution in [0.15, 0.2) is 85.0 Å². The summed E-state index contributed by atoms with van der Waals surface area (Å²) in [6, 6.07) is 18.0. The number of carbonyl (C=O) groups excluding carboxylic acids is 1. The summed E-state index contributed by atoms with van der Waals surface area (Å²) in [5, 5.41) is 0. The van der Waals surface area contributed by atoms with E-state index in [0.29, 0.717) is 0 Å². The molecule has 5 nitrogen and oxygen atoms in total. The number of ketones is 1. The monoisotopic (exact) mass is 411 g/mol. The maximum atomic E-state index is 12.8. The lowest BCUT2D eigenvalue weighted by Gasteiger charge is -2.41. The van der Waals surface area contributed by atoms with Gasteiger partial charge in [0.1, 0.15) is 0 Å². The van der Waals surface area contributed by atoms with Crippen LogP contribution in [0.5, 0.6) is 0 Å². The van der Waals surface area contributed by atoms with Crippen LogP contribution in [0.2, 0.25) is 0 Å². The Kier molecular flexibility index (Phi) is 6.47. The van der Waals surface area contributed by atoms with Gasteiger partial charge in [0.25, 0.3) is 0 Å². The van der Waals surface area contributed by atoms with E-state index in [4.69, 9.17) is 4.74 Å². The molecule has 29 heavy (non-hydrogen) atoms. The Morgan fingerprint density at radius 1 is 1.00 bits per heavy atom. The van der Waals surface area contributed by atoms with Gasteiger partial charge in [-0.2, -0.15) is 4.31 Å². The van der Waals surface area contributed by atoms with Crippen molar-refractivity contribution in [1.82, 2.24) is 4.31 Å². The lowest BCUT2D eigenvalue weighted by molar-refractivity contribution is -0.142. The van der Waals surface area contributed by atoms with Crippen molar-refractivity contribution in [1.29, 1.82) is 0 Å². The Morgan fingerprint density at radius 3 is 2.14 bits per heavy atom. The van der Waals surface area contributed by atoms with E-state index in [-0.39, 0.29) is 18.9 Å². The molecule has 0 spiro atoms. The average molecular weight is 412 g/mol. The van der Waals surface area contributed by atoms with Gasteiger partial charge < -0.3 is 4.74 Å². The quantitative estimate of drug-likeness (QED) is 0.667. The maximum absolute atomic E-state index is 12.8. The smallest absolute Gasteiger partial charge is 0.212 e. The van der Waals surface area contributed by atoms with Crippen molar-refractivity contribution >= 4 is 15.8 Å². The number of sulfonamides is 1. The molecule has 0 amide bonds. The third-order valence-corrected chi connectivity index (χ3v) is 6.18. The molecule has 2 aromatic carbocycles. The van der Waals surface area contributed by atoms with Gasteiger partial charge in [0, 0.05) is 6.54 Å². The second-order valence-electron chi connectivity index (χ2n) is 7.11. The molecule has 6 heteroatoms. The number of nitrogens with zero attached hydrogens (tertiary/aromatic N) is 1. The first-order chi connectivity index (χ1) is 13.8. The van der Waals surface area contributed by atoms with Crippen molar-refractivity contribution in [3.05, 3.63) is 96.1 Å². The van der Waals surface area contributed by atoms with Crippen molar-refractivity contribution in [2.75, 3.05) is 6.26 Å². The Balaban J connectivity index is 1.98. The number of allylic oxidation sites excluding steroid dienone is 2. The molecule has 0 radical (unpaired) electrons. The molecule has 0 heterocycles. The maximum Gasteiger partial charge on any atom is 0.212 e. The van der Waals surface area contributed by atoms with E-state index >= 15 is 0 Å². The van der Waals surface area contributed by atoms with Crippen molar-refractivity contribution < 1.29 is 17.9 Å². The number of carbonyl (C=O) groups is 1. The minimum Gasteiger partial charge on any atom is -0.356 e. The fourth-order valence-electron chi connectivity index (χ4n) is 3.44. The molecule has 0 bridgehead atoms. The van der Waals surface area contributed by atoms with E-state index in [1.165, 1.54) is 11.2 Å². The topological polar surface area (TPSA) is 63.7 Å². The van der Waals surface area contributed by atoms with Crippen LogP contribution in [-0.4, -0.2) is 36.4 Å². The fraction of sp³-hybridized carbons (Fsp3) is 0.261. The van der Waals surface area contributed by atoms with Crippen molar-refractivity contribution in [3.8, 4) is 0 Å². The molecule has 0 N–H and O–H groups in total. The van der Waals surface area contributed by atoms with Crippen LogP contribution in [0.1, 0.15) is 18.1 Å². The van der Waals surface area contributed by atoms with Crippen molar-refractivity contribution in [3.63, 3.8) is 0 Å². The van der Waals surface area contributed by atoms with Crippen molar-refractivity contribution in [2.24, 2.45) is 0 Å². The van der Waals surface area contributed by atoms with Gasteiger partial charge in [-0.05, 0) is 24.1 Å². The molecule has 0 aromatic heterocycles. The Bertz CT molecular complexity index is 1000. The summed E-state index contributed by atoms with van der Waals surface area (Å²) in [5.41, 5.74) is 0.341. The highest BCUT2D eigenvalue weighted by Gasteiger charge is 2.47. The van der Waals surface area contributed by atoms with E-state index in [9.17, 15) is 13.2 Å². The zero-order valence-corrected chi connectivity index (χ0v) is 17.4. The molecular formula is C23H25NO4S. The highest BCUT2D eigenvalue weighted by atomic mass is 32.2. The highest BCUT2D eigenvalue weighted by molar-refractivity contribution is 7.88. The van der Waals surface area contributed by atoms with Gasteiger partial charge in [-0.3, -0.25) is 4.79 Å². The minimum absolute atomic E-state index is 0.145. The third kappa shape index (κ3) is 4.90. The van der Waals surface area contributed by atoms with E-state index in [2.05, 4.69) is 0 Å². The number of rotatable bonds is 8. The van der Waals surface area contributed by atoms with Crippen LogP contribution in [-0.2, 0) is 32.7 Å². The van der Waals surface area contributed by atoms with Crippen LogP contribution in [0.4, 0.5) is 0 Å². The van der Waals surface area contributed by atoms with Gasteiger partial charge in [0.2, 0.25) is 10.0 Å². The first-order valence-electron chi connectivity index (χ1n) is 9.38. The van der Waals surface area contributed by atoms with E-state index in [1.807, 2.05) is 60.7 Å². The lowest BCUT2D eigenvalue weighted by Crippen LogP contribution is -2.58. The average Bonchev–Trinajstić information content (AvgIpc) is 2.71. The van der Waals surface area contributed by atoms with Crippen LogP contribution < -0.4 is 0 Å². The Labute approximate surface area is 172 Å². The van der Waals surface area contributed by atoms with Crippen molar-refractivity contribution in [2.45, 2.75) is 31.7 Å². The van der Waals surface area contributed by atoms with Crippen LogP contribution in [0.3, 0.4) is 0 Å². The second kappa shape index (κ2) is 8.86. The number of hydrogen-bond acceptors (Lipinski definition) is 4. The molecule has 3 rings (SSSR count). The highest BCUT2D eigenvalue weighted by Crippen LogP contribution is 2.32. The lowest BCUT2D eigenvalue weighted by atomic mass is 9.85. The molecule has 2 unspecified atom stereocenters. The third-order valence-electron chi connectivity index (χ3n) is 4.98. The van der Waals surface area contributed by atoms with Gasteiger partial charge >= 0.3 is 0 Å². The van der Waals surface area contributed by atoms with Gasteiger partial charge in [-0.25, -0.2) is 8.42 Å². The second-order valence-corrected chi connectivity index (χ2v) is 9.04. The standard InChI is InChI=1S/C23H25NO4S/c1-19(25)23(28-18-21-13-7-4-8-14-21)16-10-9-15-22(23)24(29(2,26)27)17-20-11-5-3-6-12-20/h3-16,22H,17-18H2,1-2H3. The van der Waals surface area contributed by atoms with Gasteiger partial charge in [-0.15, -0.1) is 0 Å². The number of hydrogen-bond donors (Lipinski definition) is 0. The number of ether oxygens (including phenoxy) is 1. The summed E-state index contributed by atoms with van der Waals surface area (Å²) in [4.78, 5) is 12.8. The minimum atomic E-state index is -3.63. The molecule has 0 saturated carbocycles. The summed E-state index contributed by atoms with van der Waals surface area (Å²) in [7, 11) is -3.63. The predicted octanol–water partition coefficient (Wildman–Crippen LogP) is 3.49. The van der Waals surface area contributed by atoms with Gasteiger partial charge in [0.15, 0.2) is 11.4 Å². The summed E-state index contributed by atoms with van der Waals surface area (Å²) < 4.78 is 32.9. The largest absolute Gasteiger partial charge is 0.356 e. The molecule has 1 aliphatic carbocycles. The Hall–Kier alpha value is -2.54. The fourth-order valence-corrected chi connectivity index (χ4v) is 4.47. The zero-order valence-electron chi connectivity index (χ0n) is 16.6. The van der Waals surface area contributed by atoms with E-state index in [0.717, 1.165) is 17.4 Å². The summed E-state index contributed by atoms with van der Waals surface area (Å²) in [6.07, 6.45) is 8.01. The molecule has 152 valence electrons. The normalized spacial score (nSPS) is 21.4. The molecule has 2 aromatic rings. The summed E-state index contributed by atoms with van der Waals surface area (Å²) in [5.74, 6) is -0.249. The summed E-state index contributed by atoms with van der Waals surface area (Å²) >= 11 is 0.